The predicted octanol–water partition coefficient (Wildman–Crippen LogP) is 3.24. The van der Waals surface area contributed by atoms with Crippen LogP contribution in [0.2, 0.25) is 0 Å². The number of pyridine rings is 1. The normalized spacial score (nSPS) is 11.5. The van der Waals surface area contributed by atoms with Crippen LogP contribution in [0.25, 0.3) is 21.8 Å². The maximum Gasteiger partial charge on any atom is 0.345 e. The molecule has 0 bridgehead atoms. The van der Waals surface area contributed by atoms with Crippen molar-refractivity contribution >= 4 is 55.7 Å². The molecule has 4 rings (SSSR count). The van der Waals surface area contributed by atoms with E-state index in [0.717, 1.165) is 0 Å². The van der Waals surface area contributed by atoms with Gasteiger partial charge in [-0.15, -0.1) is 0 Å². The van der Waals surface area contributed by atoms with E-state index in [4.69, 9.17) is 33.5 Å². The van der Waals surface area contributed by atoms with Crippen molar-refractivity contribution in [2.45, 2.75) is 46.1 Å². The number of ether oxygens (including phenoxy) is 6. The first-order valence-electron chi connectivity index (χ1n) is 20.1. The molecule has 0 radical (unpaired) electrons. The number of hydrogen-bond donors (Lipinski definition) is 3. The van der Waals surface area contributed by atoms with E-state index >= 15 is 0 Å². The van der Waals surface area contributed by atoms with Crippen LogP contribution >= 0.6 is 0 Å². The van der Waals surface area contributed by atoms with Gasteiger partial charge in [0.2, 0.25) is 16.9 Å². The number of para-hydroxylation sites is 2. The second-order valence-corrected chi connectivity index (χ2v) is 15.4. The third-order valence-electron chi connectivity index (χ3n) is 9.21. The first kappa shape index (κ1) is 48.6. The number of fused-ring (bicyclic) bond motifs is 2. The third-order valence-corrected chi connectivity index (χ3v) is 10.00. The summed E-state index contributed by atoms with van der Waals surface area (Å²) in [6.07, 6.45) is 0.558. The molecule has 0 spiro atoms. The van der Waals surface area contributed by atoms with Crippen LogP contribution in [0.3, 0.4) is 0 Å². The molecule has 0 aliphatic carbocycles. The molecule has 0 saturated carbocycles. The van der Waals surface area contributed by atoms with Gasteiger partial charge in [0.05, 0.1) is 92.5 Å². The summed E-state index contributed by atoms with van der Waals surface area (Å²) in [5.74, 6) is -2.18. The average molecular weight is 870 g/mol. The molecule has 3 N–H and O–H groups in total. The standard InChI is InChI=1S/C43H55N3O14S/c1-31-29-33(42(50)45-16-19-56-21-23-58-25-27-59-26-24-57-22-20-55-18-15-44-38(47)13-7-14-39(48)49)30-32(2)41(31)60-43(51)40-34-9-3-5-11-36(34)46(17-8-28-61(52,53)54)37-12-6-4-10-35(37)40/h3-6,9-12,29-30H,7-8,13-28H2,1-2H3,(H3-,44,45,47,48,49,50,52,53,54). The predicted molar refractivity (Wildman–Crippen MR) is 223 cm³/mol. The summed E-state index contributed by atoms with van der Waals surface area (Å²) in [7, 11) is -4.39. The number of benzene rings is 3. The van der Waals surface area contributed by atoms with Gasteiger partial charge in [-0.1, -0.05) is 24.3 Å². The molecule has 4 aromatic rings. The molecule has 0 aliphatic heterocycles. The number of rotatable bonds is 29. The summed E-state index contributed by atoms with van der Waals surface area (Å²) in [5.41, 5.74) is 3.30. The number of nitrogens with one attached hydrogen (secondary N) is 2. The van der Waals surface area contributed by atoms with E-state index in [1.165, 1.54) is 0 Å². The van der Waals surface area contributed by atoms with Crippen LogP contribution in [0, 0.1) is 13.8 Å². The molecule has 332 valence electrons. The van der Waals surface area contributed by atoms with Crippen molar-refractivity contribution in [3.63, 3.8) is 0 Å². The number of aromatic nitrogens is 1. The topological polar surface area (TPSA) is 229 Å². The zero-order valence-corrected chi connectivity index (χ0v) is 35.4. The summed E-state index contributed by atoms with van der Waals surface area (Å²) in [5, 5.41) is 15.3. The Morgan fingerprint density at radius 3 is 1.64 bits per heavy atom. The van der Waals surface area contributed by atoms with Crippen molar-refractivity contribution < 1.29 is 70.2 Å². The van der Waals surface area contributed by atoms with Crippen LogP contribution in [0.4, 0.5) is 0 Å². The monoisotopic (exact) mass is 869 g/mol. The molecule has 1 aromatic heterocycles. The number of hydrogen-bond acceptors (Lipinski definition) is 13. The van der Waals surface area contributed by atoms with Crippen molar-refractivity contribution in [1.82, 2.24) is 10.6 Å². The zero-order valence-electron chi connectivity index (χ0n) is 34.6. The molecule has 1 heterocycles. The first-order chi connectivity index (χ1) is 29.4. The molecule has 3 aromatic carbocycles. The van der Waals surface area contributed by atoms with Gasteiger partial charge in [0.15, 0.2) is 6.54 Å². The van der Waals surface area contributed by atoms with E-state index in [1.807, 2.05) is 28.8 Å². The van der Waals surface area contributed by atoms with Crippen LogP contribution in [0.5, 0.6) is 5.75 Å². The number of carbonyl (C=O) groups is 4. The Balaban J connectivity index is 1.11. The summed E-state index contributed by atoms with van der Waals surface area (Å²) in [6.45, 7) is 8.02. The van der Waals surface area contributed by atoms with Crippen LogP contribution in [0.1, 0.15) is 57.5 Å². The van der Waals surface area contributed by atoms with Crippen LogP contribution in [-0.4, -0.2) is 127 Å². The summed E-state index contributed by atoms with van der Waals surface area (Å²) in [4.78, 5) is 49.0. The third kappa shape index (κ3) is 16.7. The van der Waals surface area contributed by atoms with Gasteiger partial charge >= 0.3 is 11.9 Å². The highest BCUT2D eigenvalue weighted by Gasteiger charge is 2.26. The fraction of sp³-hybridized carbons (Fsp3) is 0.465. The van der Waals surface area contributed by atoms with Crippen molar-refractivity contribution in [2.75, 3.05) is 84.9 Å². The molecule has 18 heteroatoms. The Hall–Kier alpha value is -5.08. The second kappa shape index (κ2) is 25.6. The number of esters is 1. The second-order valence-electron chi connectivity index (χ2n) is 13.9. The zero-order chi connectivity index (χ0) is 44.0. The molecule has 0 aliphatic rings. The molecule has 0 atom stereocenters. The maximum atomic E-state index is 14.0. The van der Waals surface area contributed by atoms with Crippen LogP contribution in [-0.2, 0) is 49.9 Å². The Morgan fingerprint density at radius 1 is 0.672 bits per heavy atom. The van der Waals surface area contributed by atoms with E-state index in [1.54, 1.807) is 50.2 Å². The van der Waals surface area contributed by atoms with E-state index < -0.39 is 27.8 Å². The van der Waals surface area contributed by atoms with Crippen LogP contribution in [0.15, 0.2) is 60.7 Å². The Bertz CT molecular complexity index is 2120. The highest BCUT2D eigenvalue weighted by molar-refractivity contribution is 7.85. The minimum Gasteiger partial charge on any atom is -0.748 e. The largest absolute Gasteiger partial charge is 0.748 e. The smallest absolute Gasteiger partial charge is 0.345 e. The molecule has 2 amide bonds. The fourth-order valence-electron chi connectivity index (χ4n) is 6.43. The SMILES string of the molecule is Cc1cc(C(=O)NCCOCCOCCOCCOCCOCCNC(=O)CCCC(=O)O)cc(C)c1OC(=O)c1c2ccccc2[n+](CCCS(=O)(=O)[O-])c2ccccc12. The minimum absolute atomic E-state index is 0.0312. The molecular weight excluding hydrogens is 815 g/mol. The number of carbonyl (C=O) groups excluding carboxylic acids is 3. The van der Waals surface area contributed by atoms with Gasteiger partial charge in [-0.3, -0.25) is 14.4 Å². The summed E-state index contributed by atoms with van der Waals surface area (Å²) in [6, 6.07) is 17.8. The van der Waals surface area contributed by atoms with Gasteiger partial charge in [-0.05, 0) is 55.7 Å². The van der Waals surface area contributed by atoms with E-state index in [2.05, 4.69) is 10.6 Å². The maximum absolute atomic E-state index is 14.0. The molecule has 0 fully saturated rings. The van der Waals surface area contributed by atoms with Crippen molar-refractivity contribution in [2.24, 2.45) is 0 Å². The quantitative estimate of drug-likeness (QED) is 0.0178. The van der Waals surface area contributed by atoms with Crippen LogP contribution < -0.4 is 19.9 Å². The van der Waals surface area contributed by atoms with Gasteiger partial charge < -0.3 is 48.7 Å². The Labute approximate surface area is 355 Å². The Kier molecular flexibility index (Phi) is 20.4. The van der Waals surface area contributed by atoms with Gasteiger partial charge in [0.25, 0.3) is 5.91 Å². The lowest BCUT2D eigenvalue weighted by Gasteiger charge is -2.15. The molecule has 0 unspecified atom stereocenters. The summed E-state index contributed by atoms with van der Waals surface area (Å²) < 4.78 is 69.2. The van der Waals surface area contributed by atoms with Gasteiger partial charge in [-0.2, -0.15) is 4.57 Å². The number of amides is 2. The minimum atomic E-state index is -4.39. The lowest BCUT2D eigenvalue weighted by molar-refractivity contribution is -0.645. The van der Waals surface area contributed by atoms with Gasteiger partial charge in [0, 0.05) is 55.8 Å². The number of aliphatic carboxylic acids is 1. The fourth-order valence-corrected chi connectivity index (χ4v) is 6.92. The molecular formula is C43H55N3O14S. The van der Waals surface area contributed by atoms with E-state index in [0.29, 0.717) is 122 Å². The van der Waals surface area contributed by atoms with Crippen molar-refractivity contribution in [1.29, 1.82) is 0 Å². The number of carboxylic acids is 1. The lowest BCUT2D eigenvalue weighted by Crippen LogP contribution is -2.37. The van der Waals surface area contributed by atoms with Gasteiger partial charge in [-0.25, -0.2) is 13.2 Å². The number of carboxylic acid groups (broad SMARTS) is 1. The number of nitrogens with zero attached hydrogens (tertiary/aromatic N) is 1. The molecule has 61 heavy (non-hydrogen) atoms. The Morgan fingerprint density at radius 2 is 1.15 bits per heavy atom. The highest BCUT2D eigenvalue weighted by Crippen LogP contribution is 2.30. The van der Waals surface area contributed by atoms with Crippen molar-refractivity contribution in [3.05, 3.63) is 82.9 Å². The first-order valence-corrected chi connectivity index (χ1v) is 21.7. The highest BCUT2D eigenvalue weighted by atomic mass is 32.2. The van der Waals surface area contributed by atoms with E-state index in [-0.39, 0.29) is 50.8 Å². The molecule has 0 saturated heterocycles. The lowest BCUT2D eigenvalue weighted by atomic mass is 10.0. The van der Waals surface area contributed by atoms with Gasteiger partial charge in [0.1, 0.15) is 5.75 Å². The van der Waals surface area contributed by atoms with Crippen molar-refractivity contribution in [3.8, 4) is 5.75 Å². The average Bonchev–Trinajstić information content (AvgIpc) is 3.21. The van der Waals surface area contributed by atoms with E-state index in [9.17, 15) is 32.1 Å². The number of aryl methyl sites for hydroxylation is 3. The molecule has 17 nitrogen and oxygen atoms in total. The summed E-state index contributed by atoms with van der Waals surface area (Å²) >= 11 is 0.